The number of aliphatic hydroxyl groups is 1. The van der Waals surface area contributed by atoms with Crippen molar-refractivity contribution in [2.24, 2.45) is 0 Å². The van der Waals surface area contributed by atoms with Crippen LogP contribution in [0.2, 0.25) is 0 Å². The van der Waals surface area contributed by atoms with E-state index >= 15 is 0 Å². The first-order valence-corrected chi connectivity index (χ1v) is 8.61. The molecule has 0 bridgehead atoms. The number of thiophene rings is 1. The van der Waals surface area contributed by atoms with Gasteiger partial charge in [-0.15, -0.1) is 11.3 Å². The third kappa shape index (κ3) is 2.51. The van der Waals surface area contributed by atoms with E-state index in [0.29, 0.717) is 0 Å². The number of aliphatic hydroxyl groups excluding tert-OH is 1. The molecular weight excluding hydrogens is 270 g/mol. The minimum Gasteiger partial charge on any atom is -0.391 e. The maximum atomic E-state index is 12.7. The summed E-state index contributed by atoms with van der Waals surface area (Å²) in [6, 6.07) is -0.00427. The molecule has 1 saturated carbocycles. The Kier molecular flexibility index (Phi) is 4.13. The lowest BCUT2D eigenvalue weighted by molar-refractivity contribution is 0.0267. The van der Waals surface area contributed by atoms with Gasteiger partial charge < -0.3 is 10.0 Å². The summed E-state index contributed by atoms with van der Waals surface area (Å²) in [6.07, 6.45) is 8.20. The van der Waals surface area contributed by atoms with E-state index in [1.54, 1.807) is 16.2 Å². The smallest absolute Gasteiger partial charge is 0.255 e. The van der Waals surface area contributed by atoms with Crippen LogP contribution in [0, 0.1) is 0 Å². The summed E-state index contributed by atoms with van der Waals surface area (Å²) in [6.45, 7) is 0. The minimum atomic E-state index is -0.354. The first-order chi connectivity index (χ1) is 9.68. The predicted molar refractivity (Wildman–Crippen MR) is 81.3 cm³/mol. The van der Waals surface area contributed by atoms with Gasteiger partial charge in [0.05, 0.1) is 17.7 Å². The Labute approximate surface area is 124 Å². The van der Waals surface area contributed by atoms with Crippen molar-refractivity contribution in [3.8, 4) is 0 Å². The topological polar surface area (TPSA) is 40.5 Å². The van der Waals surface area contributed by atoms with Crippen molar-refractivity contribution >= 4 is 17.2 Å². The minimum absolute atomic E-state index is 0.00427. The molecule has 1 aromatic rings. The van der Waals surface area contributed by atoms with Crippen molar-refractivity contribution in [2.75, 3.05) is 7.05 Å². The Morgan fingerprint density at radius 3 is 2.80 bits per heavy atom. The fourth-order valence-electron chi connectivity index (χ4n) is 3.56. The fraction of sp³-hybridized carbons (Fsp3) is 0.688. The van der Waals surface area contributed by atoms with Crippen LogP contribution in [0.4, 0.5) is 0 Å². The number of fused-ring (bicyclic) bond motifs is 1. The molecule has 0 aliphatic heterocycles. The van der Waals surface area contributed by atoms with Gasteiger partial charge in [-0.1, -0.05) is 12.8 Å². The largest absolute Gasteiger partial charge is 0.391 e. The molecule has 1 fully saturated rings. The number of carbonyl (C=O) groups excluding carboxylic acids is 1. The van der Waals surface area contributed by atoms with Gasteiger partial charge in [0.25, 0.3) is 5.91 Å². The van der Waals surface area contributed by atoms with E-state index in [0.717, 1.165) is 44.1 Å². The van der Waals surface area contributed by atoms with Gasteiger partial charge in [0.15, 0.2) is 0 Å². The van der Waals surface area contributed by atoms with E-state index in [9.17, 15) is 9.90 Å². The third-order valence-corrected chi connectivity index (χ3v) is 5.89. The highest BCUT2D eigenvalue weighted by atomic mass is 32.1. The molecule has 2 aliphatic rings. The van der Waals surface area contributed by atoms with E-state index in [4.69, 9.17) is 0 Å². The first kappa shape index (κ1) is 14.1. The number of rotatable bonds is 2. The van der Waals surface area contributed by atoms with Gasteiger partial charge in [-0.25, -0.2) is 0 Å². The number of amides is 1. The van der Waals surface area contributed by atoms with Crippen molar-refractivity contribution in [1.82, 2.24) is 4.90 Å². The van der Waals surface area contributed by atoms with Gasteiger partial charge in [-0.05, 0) is 44.1 Å². The summed E-state index contributed by atoms with van der Waals surface area (Å²) in [7, 11) is 1.86. The number of nitrogens with zero attached hydrogens (tertiary/aromatic N) is 1. The number of aryl methyl sites for hydroxylation is 1. The lowest BCUT2D eigenvalue weighted by Crippen LogP contribution is -2.46. The number of hydrogen-bond donors (Lipinski definition) is 1. The van der Waals surface area contributed by atoms with Gasteiger partial charge in [0.1, 0.15) is 0 Å². The molecule has 2 atom stereocenters. The molecule has 3 nitrogen and oxygen atoms in total. The van der Waals surface area contributed by atoms with Gasteiger partial charge in [-0.3, -0.25) is 4.79 Å². The Balaban J connectivity index is 1.79. The van der Waals surface area contributed by atoms with Crippen LogP contribution < -0.4 is 0 Å². The lowest BCUT2D eigenvalue weighted by Gasteiger charge is -2.35. The zero-order chi connectivity index (χ0) is 14.1. The second kappa shape index (κ2) is 5.86. The van der Waals surface area contributed by atoms with Gasteiger partial charge in [-0.2, -0.15) is 0 Å². The SMILES string of the molecule is CN(C(=O)c1csc2c1CCCC2)C1CCCCC1O. The van der Waals surface area contributed by atoms with Crippen LogP contribution in [0.15, 0.2) is 5.38 Å². The summed E-state index contributed by atoms with van der Waals surface area (Å²) in [5.74, 6) is 0.107. The van der Waals surface area contributed by atoms with Crippen molar-refractivity contribution < 1.29 is 9.90 Å². The molecule has 0 aromatic carbocycles. The maximum Gasteiger partial charge on any atom is 0.255 e. The monoisotopic (exact) mass is 293 g/mol. The molecule has 1 heterocycles. The normalized spacial score (nSPS) is 26.1. The highest BCUT2D eigenvalue weighted by Crippen LogP contribution is 2.32. The Bertz CT molecular complexity index is 497. The highest BCUT2D eigenvalue weighted by molar-refractivity contribution is 7.10. The van der Waals surface area contributed by atoms with Gasteiger partial charge >= 0.3 is 0 Å². The number of likely N-dealkylation sites (N-methyl/N-ethyl adjacent to an activating group) is 1. The van der Waals surface area contributed by atoms with E-state index in [-0.39, 0.29) is 18.1 Å². The molecular formula is C16H23NO2S. The molecule has 1 aromatic heterocycles. The fourth-order valence-corrected chi connectivity index (χ4v) is 4.68. The Morgan fingerprint density at radius 2 is 2.00 bits per heavy atom. The van der Waals surface area contributed by atoms with Crippen LogP contribution in [0.5, 0.6) is 0 Å². The van der Waals surface area contributed by atoms with Crippen LogP contribution in [0.3, 0.4) is 0 Å². The molecule has 2 unspecified atom stereocenters. The Morgan fingerprint density at radius 1 is 1.25 bits per heavy atom. The molecule has 2 aliphatic carbocycles. The summed E-state index contributed by atoms with van der Waals surface area (Å²) < 4.78 is 0. The molecule has 4 heteroatoms. The molecule has 3 rings (SSSR count). The Hall–Kier alpha value is -0.870. The molecule has 0 spiro atoms. The van der Waals surface area contributed by atoms with Crippen LogP contribution in [-0.4, -0.2) is 35.1 Å². The van der Waals surface area contributed by atoms with Crippen molar-refractivity contribution in [2.45, 2.75) is 63.5 Å². The van der Waals surface area contributed by atoms with Crippen LogP contribution in [-0.2, 0) is 12.8 Å². The van der Waals surface area contributed by atoms with Crippen LogP contribution >= 0.6 is 11.3 Å². The molecule has 0 saturated heterocycles. The van der Waals surface area contributed by atoms with Crippen LogP contribution in [0.25, 0.3) is 0 Å². The number of carbonyl (C=O) groups is 1. The van der Waals surface area contributed by atoms with Crippen molar-refractivity contribution in [1.29, 1.82) is 0 Å². The second-order valence-electron chi connectivity index (χ2n) is 6.09. The van der Waals surface area contributed by atoms with Gasteiger partial charge in [0.2, 0.25) is 0 Å². The summed E-state index contributed by atoms with van der Waals surface area (Å²) in [5.41, 5.74) is 2.17. The highest BCUT2D eigenvalue weighted by Gasteiger charge is 2.31. The zero-order valence-electron chi connectivity index (χ0n) is 12.1. The predicted octanol–water partition coefficient (Wildman–Crippen LogP) is 3.00. The second-order valence-corrected chi connectivity index (χ2v) is 7.06. The zero-order valence-corrected chi connectivity index (χ0v) is 12.9. The van der Waals surface area contributed by atoms with Gasteiger partial charge in [0, 0.05) is 17.3 Å². The molecule has 0 radical (unpaired) electrons. The number of hydrogen-bond acceptors (Lipinski definition) is 3. The average molecular weight is 293 g/mol. The lowest BCUT2D eigenvalue weighted by atomic mass is 9.90. The van der Waals surface area contributed by atoms with E-state index < -0.39 is 0 Å². The van der Waals surface area contributed by atoms with E-state index in [2.05, 4.69) is 0 Å². The van der Waals surface area contributed by atoms with E-state index in [1.807, 2.05) is 12.4 Å². The molecule has 110 valence electrons. The first-order valence-electron chi connectivity index (χ1n) is 7.73. The van der Waals surface area contributed by atoms with E-state index in [1.165, 1.54) is 23.3 Å². The molecule has 20 heavy (non-hydrogen) atoms. The molecule has 1 N–H and O–H groups in total. The summed E-state index contributed by atoms with van der Waals surface area (Å²) >= 11 is 1.74. The maximum absolute atomic E-state index is 12.7. The quantitative estimate of drug-likeness (QED) is 0.910. The average Bonchev–Trinajstić information content (AvgIpc) is 2.90. The standard InChI is InChI=1S/C16H23NO2S/c1-17(13-7-3-4-8-14(13)18)16(19)12-10-20-15-9-5-2-6-11(12)15/h10,13-14,18H,2-9H2,1H3. The van der Waals surface area contributed by atoms with Crippen molar-refractivity contribution in [3.05, 3.63) is 21.4 Å². The van der Waals surface area contributed by atoms with Crippen LogP contribution in [0.1, 0.15) is 59.3 Å². The van der Waals surface area contributed by atoms with Crippen molar-refractivity contribution in [3.63, 3.8) is 0 Å². The summed E-state index contributed by atoms with van der Waals surface area (Å²) in [5, 5.41) is 12.2. The third-order valence-electron chi connectivity index (χ3n) is 4.80. The molecule has 1 amide bonds. The summed E-state index contributed by atoms with van der Waals surface area (Å²) in [4.78, 5) is 15.9.